The van der Waals surface area contributed by atoms with Gasteiger partial charge in [0.1, 0.15) is 22.5 Å². The van der Waals surface area contributed by atoms with Gasteiger partial charge in [0.25, 0.3) is 0 Å². The van der Waals surface area contributed by atoms with Crippen LogP contribution in [0.5, 0.6) is 5.75 Å². The zero-order valence-electron chi connectivity index (χ0n) is 23.2. The summed E-state index contributed by atoms with van der Waals surface area (Å²) in [5, 5.41) is 30.2. The average molecular weight is 508 g/mol. The van der Waals surface area contributed by atoms with Gasteiger partial charge in [0, 0.05) is 5.56 Å². The highest BCUT2D eigenvalue weighted by molar-refractivity contribution is 5.74. The van der Waals surface area contributed by atoms with E-state index in [1.54, 1.807) is 0 Å². The van der Waals surface area contributed by atoms with Crippen LogP contribution in [0.1, 0.15) is 109 Å². The third-order valence-corrected chi connectivity index (χ3v) is 7.20. The molecule has 1 heterocycles. The van der Waals surface area contributed by atoms with Gasteiger partial charge in [-0.25, -0.2) is 0 Å². The smallest absolute Gasteiger partial charge is 0.306 e. The summed E-state index contributed by atoms with van der Waals surface area (Å²) in [6.07, 6.45) is 13.4. The SMILES string of the molecule is CCCCCCCCCCCCC(Cc1cc(-n2nc3ccccc3n2)c(O)c(C(C)(C)C)c1)C(=O)O. The Bertz CT molecular complexity index is 1110. The number of carbonyl (C=O) groups is 1. The molecule has 3 rings (SSSR count). The molecule has 1 unspecified atom stereocenters. The first-order chi connectivity index (χ1) is 17.7. The predicted molar refractivity (Wildman–Crippen MR) is 151 cm³/mol. The van der Waals surface area contributed by atoms with E-state index in [1.807, 2.05) is 57.2 Å². The van der Waals surface area contributed by atoms with E-state index in [4.69, 9.17) is 0 Å². The number of rotatable bonds is 15. The quantitative estimate of drug-likeness (QED) is 0.204. The number of aromatic nitrogens is 3. The highest BCUT2D eigenvalue weighted by atomic mass is 16.4. The molecule has 37 heavy (non-hydrogen) atoms. The Morgan fingerprint density at radius 2 is 1.43 bits per heavy atom. The summed E-state index contributed by atoms with van der Waals surface area (Å²) in [5.74, 6) is -1.08. The van der Waals surface area contributed by atoms with Crippen molar-refractivity contribution in [3.8, 4) is 11.4 Å². The first-order valence-electron chi connectivity index (χ1n) is 14.1. The number of phenolic OH excluding ortho intramolecular Hbond substituents is 1. The number of unbranched alkanes of at least 4 members (excludes halogenated alkanes) is 9. The van der Waals surface area contributed by atoms with Gasteiger partial charge in [-0.15, -0.1) is 15.0 Å². The molecule has 2 N–H and O–H groups in total. The molecule has 1 aromatic heterocycles. The van der Waals surface area contributed by atoms with Crippen LogP contribution in [0, 0.1) is 5.92 Å². The van der Waals surface area contributed by atoms with Crippen molar-refractivity contribution in [1.82, 2.24) is 15.0 Å². The number of aliphatic carboxylic acids is 1. The van der Waals surface area contributed by atoms with E-state index in [2.05, 4.69) is 17.1 Å². The monoisotopic (exact) mass is 507 g/mol. The number of phenols is 1. The minimum absolute atomic E-state index is 0.137. The van der Waals surface area contributed by atoms with Gasteiger partial charge in [-0.05, 0) is 42.0 Å². The molecule has 0 saturated carbocycles. The molecule has 0 radical (unpaired) electrons. The number of hydrogen-bond acceptors (Lipinski definition) is 4. The number of aromatic hydroxyl groups is 1. The first kappa shape index (κ1) is 28.7. The lowest BCUT2D eigenvalue weighted by molar-refractivity contribution is -0.142. The van der Waals surface area contributed by atoms with Crippen LogP contribution < -0.4 is 0 Å². The van der Waals surface area contributed by atoms with Crippen molar-refractivity contribution in [3.05, 3.63) is 47.5 Å². The minimum Gasteiger partial charge on any atom is -0.505 e. The van der Waals surface area contributed by atoms with Gasteiger partial charge in [-0.1, -0.05) is 110 Å². The fraction of sp³-hybridized carbons (Fsp3) is 0.581. The maximum Gasteiger partial charge on any atom is 0.306 e. The fourth-order valence-electron chi connectivity index (χ4n) is 4.96. The van der Waals surface area contributed by atoms with Crippen molar-refractivity contribution >= 4 is 17.0 Å². The summed E-state index contributed by atoms with van der Waals surface area (Å²) < 4.78 is 0. The molecule has 202 valence electrons. The molecule has 0 aliphatic heterocycles. The second-order valence-electron chi connectivity index (χ2n) is 11.4. The van der Waals surface area contributed by atoms with Crippen LogP contribution in [0.2, 0.25) is 0 Å². The van der Waals surface area contributed by atoms with Crippen LogP contribution in [0.3, 0.4) is 0 Å². The third-order valence-electron chi connectivity index (χ3n) is 7.20. The molecule has 0 spiro atoms. The Labute approximate surface area is 222 Å². The fourth-order valence-corrected chi connectivity index (χ4v) is 4.96. The Hall–Kier alpha value is -2.89. The number of fused-ring (bicyclic) bond motifs is 1. The number of carboxylic acids is 1. The molecule has 0 saturated heterocycles. The number of hydrogen-bond donors (Lipinski definition) is 2. The van der Waals surface area contributed by atoms with Crippen molar-refractivity contribution in [2.45, 2.75) is 110 Å². The Kier molecular flexibility index (Phi) is 10.5. The summed E-state index contributed by atoms with van der Waals surface area (Å²) in [4.78, 5) is 13.6. The normalized spacial score (nSPS) is 12.8. The van der Waals surface area contributed by atoms with Crippen molar-refractivity contribution in [2.75, 3.05) is 0 Å². The predicted octanol–water partition coefficient (Wildman–Crippen LogP) is 7.98. The van der Waals surface area contributed by atoms with E-state index in [1.165, 1.54) is 56.2 Å². The minimum atomic E-state index is -0.759. The summed E-state index contributed by atoms with van der Waals surface area (Å²) in [5.41, 5.74) is 3.31. The molecule has 0 fully saturated rings. The average Bonchev–Trinajstić information content (AvgIpc) is 3.28. The largest absolute Gasteiger partial charge is 0.505 e. The summed E-state index contributed by atoms with van der Waals surface area (Å²) in [6.45, 7) is 8.37. The van der Waals surface area contributed by atoms with Crippen molar-refractivity contribution in [1.29, 1.82) is 0 Å². The van der Waals surface area contributed by atoms with E-state index < -0.39 is 11.9 Å². The van der Waals surface area contributed by atoms with Crippen LogP contribution in [-0.4, -0.2) is 31.2 Å². The zero-order valence-corrected chi connectivity index (χ0v) is 23.2. The zero-order chi connectivity index (χ0) is 26.8. The molecule has 0 aliphatic carbocycles. The van der Waals surface area contributed by atoms with Crippen molar-refractivity contribution in [3.63, 3.8) is 0 Å². The summed E-state index contributed by atoms with van der Waals surface area (Å²) >= 11 is 0. The van der Waals surface area contributed by atoms with Crippen molar-refractivity contribution < 1.29 is 15.0 Å². The van der Waals surface area contributed by atoms with Gasteiger partial charge in [0.2, 0.25) is 0 Å². The van der Waals surface area contributed by atoms with Gasteiger partial charge in [-0.3, -0.25) is 4.79 Å². The molecule has 6 heteroatoms. The lowest BCUT2D eigenvalue weighted by Gasteiger charge is -2.24. The van der Waals surface area contributed by atoms with E-state index in [9.17, 15) is 15.0 Å². The lowest BCUT2D eigenvalue weighted by Crippen LogP contribution is -2.18. The van der Waals surface area contributed by atoms with E-state index >= 15 is 0 Å². The molecule has 6 nitrogen and oxygen atoms in total. The highest BCUT2D eigenvalue weighted by Gasteiger charge is 2.25. The van der Waals surface area contributed by atoms with Crippen molar-refractivity contribution in [2.24, 2.45) is 5.92 Å². The molecule has 0 amide bonds. The second kappa shape index (κ2) is 13.6. The topological polar surface area (TPSA) is 88.2 Å². The maximum atomic E-state index is 12.1. The van der Waals surface area contributed by atoms with Crippen LogP contribution in [0.4, 0.5) is 0 Å². The van der Waals surface area contributed by atoms with Crippen LogP contribution in [0.25, 0.3) is 16.7 Å². The molecule has 2 aromatic carbocycles. The molecule has 1 atom stereocenters. The molecular formula is C31H45N3O3. The van der Waals surface area contributed by atoms with Gasteiger partial charge in [0.15, 0.2) is 0 Å². The van der Waals surface area contributed by atoms with Gasteiger partial charge in [0.05, 0.1) is 5.92 Å². The third kappa shape index (κ3) is 8.31. The highest BCUT2D eigenvalue weighted by Crippen LogP contribution is 2.37. The van der Waals surface area contributed by atoms with Crippen LogP contribution in [-0.2, 0) is 16.6 Å². The van der Waals surface area contributed by atoms with E-state index in [0.717, 1.165) is 35.0 Å². The van der Waals surface area contributed by atoms with Gasteiger partial charge in [-0.2, -0.15) is 0 Å². The van der Waals surface area contributed by atoms with Gasteiger partial charge >= 0.3 is 5.97 Å². The molecular weight excluding hydrogens is 462 g/mol. The lowest BCUT2D eigenvalue weighted by atomic mass is 9.83. The summed E-state index contributed by atoms with van der Waals surface area (Å²) in [7, 11) is 0. The number of nitrogens with zero attached hydrogens (tertiary/aromatic N) is 3. The Morgan fingerprint density at radius 1 is 0.892 bits per heavy atom. The standard InChI is InChI=1S/C31H45N3O3/c1-5-6-7-8-9-10-11-12-13-14-17-24(30(36)37)20-23-21-25(31(2,3)4)29(35)28(22-23)34-32-26-18-15-16-19-27(26)33-34/h15-16,18-19,21-22,24,35H,5-14,17,20H2,1-4H3,(H,36,37). The number of carboxylic acid groups (broad SMARTS) is 1. The maximum absolute atomic E-state index is 12.1. The first-order valence-corrected chi connectivity index (χ1v) is 14.1. The van der Waals surface area contributed by atoms with E-state index in [-0.39, 0.29) is 11.2 Å². The molecule has 0 aliphatic rings. The summed E-state index contributed by atoms with van der Waals surface area (Å²) in [6, 6.07) is 11.4. The molecule has 3 aromatic rings. The van der Waals surface area contributed by atoms with Crippen LogP contribution >= 0.6 is 0 Å². The van der Waals surface area contributed by atoms with Crippen LogP contribution in [0.15, 0.2) is 36.4 Å². The second-order valence-corrected chi connectivity index (χ2v) is 11.4. The Balaban J connectivity index is 1.68. The van der Waals surface area contributed by atoms with E-state index in [0.29, 0.717) is 18.5 Å². The van der Waals surface area contributed by atoms with Gasteiger partial charge < -0.3 is 10.2 Å². The number of benzene rings is 2. The molecule has 0 bridgehead atoms. The Morgan fingerprint density at radius 3 is 1.95 bits per heavy atom.